The lowest BCUT2D eigenvalue weighted by molar-refractivity contribution is 0.297. The van der Waals surface area contributed by atoms with Gasteiger partial charge in [0, 0.05) is 6.42 Å². The summed E-state index contributed by atoms with van der Waals surface area (Å²) in [6, 6.07) is 7.82. The molecule has 0 radical (unpaired) electrons. The molecule has 0 aromatic heterocycles. The molecule has 0 spiro atoms. The van der Waals surface area contributed by atoms with Gasteiger partial charge in [-0.15, -0.1) is 0 Å². The van der Waals surface area contributed by atoms with Crippen LogP contribution in [0.5, 0.6) is 11.5 Å². The summed E-state index contributed by atoms with van der Waals surface area (Å²) in [4.78, 5) is 0. The fourth-order valence-electron chi connectivity index (χ4n) is 2.20. The predicted molar refractivity (Wildman–Crippen MR) is 71.1 cm³/mol. The van der Waals surface area contributed by atoms with Crippen LogP contribution in [-0.2, 0) is 0 Å². The zero-order valence-electron chi connectivity index (χ0n) is 10.9. The van der Waals surface area contributed by atoms with E-state index in [1.807, 2.05) is 18.2 Å². The second-order valence-corrected chi connectivity index (χ2v) is 5.17. The minimum atomic E-state index is -0.266. The van der Waals surface area contributed by atoms with Gasteiger partial charge in [0.25, 0.3) is 0 Å². The van der Waals surface area contributed by atoms with Crippen LogP contribution in [0.2, 0.25) is 0 Å². The molecule has 1 unspecified atom stereocenters. The topological polar surface area (TPSA) is 54.3 Å². The van der Waals surface area contributed by atoms with Crippen molar-refractivity contribution < 1.29 is 9.47 Å². The van der Waals surface area contributed by atoms with Gasteiger partial charge in [0.1, 0.15) is 6.04 Å². The molecular weight excluding hydrogens is 240 g/mol. The average molecular weight is 258 g/mol. The van der Waals surface area contributed by atoms with Crippen LogP contribution in [0, 0.1) is 17.2 Å². The fraction of sp³-hybridized carbons (Fsp3) is 0.533. The second-order valence-electron chi connectivity index (χ2n) is 5.17. The number of nitriles is 1. The molecule has 0 saturated heterocycles. The number of fused-ring (bicyclic) bond motifs is 1. The van der Waals surface area contributed by atoms with E-state index in [-0.39, 0.29) is 6.04 Å². The van der Waals surface area contributed by atoms with Crippen LogP contribution in [0.15, 0.2) is 18.2 Å². The largest absolute Gasteiger partial charge is 0.490 e. The van der Waals surface area contributed by atoms with Crippen molar-refractivity contribution in [3.05, 3.63) is 23.8 Å². The normalized spacial score (nSPS) is 19.3. The molecule has 1 aromatic rings. The Hall–Kier alpha value is -1.73. The van der Waals surface area contributed by atoms with E-state index in [1.165, 1.54) is 12.8 Å². The Morgan fingerprint density at radius 2 is 2.05 bits per heavy atom. The van der Waals surface area contributed by atoms with E-state index in [2.05, 4.69) is 11.4 Å². The molecule has 1 atom stereocenters. The summed E-state index contributed by atoms with van der Waals surface area (Å²) in [6.45, 7) is 2.28. The second kappa shape index (κ2) is 5.50. The maximum absolute atomic E-state index is 9.29. The highest BCUT2D eigenvalue weighted by Crippen LogP contribution is 2.33. The van der Waals surface area contributed by atoms with E-state index in [0.29, 0.717) is 13.2 Å². The summed E-state index contributed by atoms with van der Waals surface area (Å²) in [6.07, 6.45) is 3.46. The van der Waals surface area contributed by atoms with Crippen LogP contribution in [0.3, 0.4) is 0 Å². The van der Waals surface area contributed by atoms with E-state index in [9.17, 15) is 5.26 Å². The van der Waals surface area contributed by atoms with Crippen molar-refractivity contribution in [1.82, 2.24) is 5.32 Å². The average Bonchev–Trinajstić information content (AvgIpc) is 3.25. The Morgan fingerprint density at radius 1 is 1.26 bits per heavy atom. The Bertz CT molecular complexity index is 491. The highest BCUT2D eigenvalue weighted by atomic mass is 16.5. The number of rotatable bonds is 4. The van der Waals surface area contributed by atoms with Crippen LogP contribution in [-0.4, -0.2) is 19.8 Å². The van der Waals surface area contributed by atoms with Crippen molar-refractivity contribution in [2.75, 3.05) is 19.8 Å². The van der Waals surface area contributed by atoms with Crippen LogP contribution in [0.25, 0.3) is 0 Å². The van der Waals surface area contributed by atoms with Gasteiger partial charge in [0.15, 0.2) is 11.5 Å². The number of benzene rings is 1. The smallest absolute Gasteiger partial charge is 0.161 e. The summed E-state index contributed by atoms with van der Waals surface area (Å²) in [5.41, 5.74) is 0.951. The van der Waals surface area contributed by atoms with E-state index in [1.54, 1.807) is 0 Å². The maximum atomic E-state index is 9.29. The van der Waals surface area contributed by atoms with Crippen molar-refractivity contribution in [2.24, 2.45) is 5.92 Å². The first kappa shape index (κ1) is 12.3. The molecule has 1 heterocycles. The quantitative estimate of drug-likeness (QED) is 0.901. The maximum Gasteiger partial charge on any atom is 0.161 e. The zero-order valence-corrected chi connectivity index (χ0v) is 10.9. The molecule has 100 valence electrons. The Morgan fingerprint density at radius 3 is 2.79 bits per heavy atom. The number of nitrogens with zero attached hydrogens (tertiary/aromatic N) is 1. The van der Waals surface area contributed by atoms with Crippen LogP contribution < -0.4 is 14.8 Å². The monoisotopic (exact) mass is 258 g/mol. The number of hydrogen-bond donors (Lipinski definition) is 1. The molecule has 19 heavy (non-hydrogen) atoms. The van der Waals surface area contributed by atoms with Crippen LogP contribution in [0.1, 0.15) is 30.9 Å². The van der Waals surface area contributed by atoms with Gasteiger partial charge in [-0.3, -0.25) is 5.32 Å². The van der Waals surface area contributed by atoms with Gasteiger partial charge in [0.05, 0.1) is 19.3 Å². The van der Waals surface area contributed by atoms with Gasteiger partial charge in [-0.2, -0.15) is 5.26 Å². The first-order valence-electron chi connectivity index (χ1n) is 6.89. The molecule has 4 nitrogen and oxygen atoms in total. The van der Waals surface area contributed by atoms with Crippen molar-refractivity contribution in [2.45, 2.75) is 25.3 Å². The first-order valence-corrected chi connectivity index (χ1v) is 6.89. The van der Waals surface area contributed by atoms with Crippen LogP contribution in [0.4, 0.5) is 0 Å². The van der Waals surface area contributed by atoms with Gasteiger partial charge in [-0.05, 0) is 43.0 Å². The van der Waals surface area contributed by atoms with E-state index in [0.717, 1.165) is 35.9 Å². The van der Waals surface area contributed by atoms with Crippen LogP contribution >= 0.6 is 0 Å². The predicted octanol–water partition coefficient (Wildman–Crippen LogP) is 2.41. The SMILES string of the molecule is N#CC(NCC1CC1)c1ccc2c(c1)OCCCO2. The number of ether oxygens (including phenoxy) is 2. The summed E-state index contributed by atoms with van der Waals surface area (Å²) in [7, 11) is 0. The lowest BCUT2D eigenvalue weighted by Gasteiger charge is -2.14. The highest BCUT2D eigenvalue weighted by Gasteiger charge is 2.23. The van der Waals surface area contributed by atoms with Crippen molar-refractivity contribution in [1.29, 1.82) is 5.26 Å². The third kappa shape index (κ3) is 2.99. The fourth-order valence-corrected chi connectivity index (χ4v) is 2.20. The third-order valence-corrected chi connectivity index (χ3v) is 3.54. The van der Waals surface area contributed by atoms with Gasteiger partial charge < -0.3 is 9.47 Å². The lowest BCUT2D eigenvalue weighted by Crippen LogP contribution is -2.22. The third-order valence-electron chi connectivity index (χ3n) is 3.54. The molecule has 0 amide bonds. The van der Waals surface area contributed by atoms with Gasteiger partial charge in [0.2, 0.25) is 0 Å². The molecule has 1 aliphatic carbocycles. The van der Waals surface area contributed by atoms with Gasteiger partial charge in [-0.1, -0.05) is 6.07 Å². The Kier molecular flexibility index (Phi) is 3.56. The molecule has 2 aliphatic rings. The molecule has 4 heteroatoms. The highest BCUT2D eigenvalue weighted by molar-refractivity contribution is 5.45. The van der Waals surface area contributed by atoms with Crippen molar-refractivity contribution in [3.63, 3.8) is 0 Å². The van der Waals surface area contributed by atoms with Gasteiger partial charge in [-0.25, -0.2) is 0 Å². The zero-order chi connectivity index (χ0) is 13.1. The molecule has 1 saturated carbocycles. The first-order chi connectivity index (χ1) is 9.36. The summed E-state index contributed by atoms with van der Waals surface area (Å²) in [5.74, 6) is 2.29. The van der Waals surface area contributed by atoms with Crippen molar-refractivity contribution >= 4 is 0 Å². The van der Waals surface area contributed by atoms with Gasteiger partial charge >= 0.3 is 0 Å². The minimum Gasteiger partial charge on any atom is -0.490 e. The molecule has 1 aromatic carbocycles. The summed E-state index contributed by atoms with van der Waals surface area (Å²) >= 11 is 0. The minimum absolute atomic E-state index is 0.266. The van der Waals surface area contributed by atoms with E-state index >= 15 is 0 Å². The summed E-state index contributed by atoms with van der Waals surface area (Å²) < 4.78 is 11.3. The molecular formula is C15H18N2O2. The molecule has 1 N–H and O–H groups in total. The van der Waals surface area contributed by atoms with E-state index < -0.39 is 0 Å². The van der Waals surface area contributed by atoms with Crippen molar-refractivity contribution in [3.8, 4) is 17.6 Å². The molecule has 0 bridgehead atoms. The number of hydrogen-bond acceptors (Lipinski definition) is 4. The standard InChI is InChI=1S/C15H18N2O2/c16-9-13(17-10-11-2-3-11)12-4-5-14-15(8-12)19-7-1-6-18-14/h4-5,8,11,13,17H,1-3,6-7,10H2. The lowest BCUT2D eigenvalue weighted by atomic mass is 10.1. The number of nitrogens with one attached hydrogen (secondary N) is 1. The van der Waals surface area contributed by atoms with E-state index in [4.69, 9.17) is 9.47 Å². The molecule has 3 rings (SSSR count). The Labute approximate surface area is 113 Å². The Balaban J connectivity index is 1.75. The molecule has 1 fully saturated rings. The summed E-state index contributed by atoms with van der Waals surface area (Å²) in [5, 5.41) is 12.6. The molecule has 1 aliphatic heterocycles.